The molecule has 0 unspecified atom stereocenters. The summed E-state index contributed by atoms with van der Waals surface area (Å²) in [4.78, 5) is 16.7. The summed E-state index contributed by atoms with van der Waals surface area (Å²) in [5, 5.41) is 12.0. The standard InChI is InChI=1S/C14H19F2N3O3/c1-2-19(8-13(20)21)10-5-9(6-10)18-12-4-3-11(7-17-12)22-14(15)16/h3-4,7,9-10,14H,2,5-6,8H2,1H3,(H,17,18)(H,20,21). The van der Waals surface area contributed by atoms with E-state index in [1.165, 1.54) is 12.3 Å². The van der Waals surface area contributed by atoms with E-state index < -0.39 is 12.6 Å². The summed E-state index contributed by atoms with van der Waals surface area (Å²) in [6, 6.07) is 3.47. The minimum atomic E-state index is -2.86. The zero-order valence-electron chi connectivity index (χ0n) is 12.2. The molecule has 0 amide bonds. The van der Waals surface area contributed by atoms with Crippen molar-refractivity contribution < 1.29 is 23.4 Å². The van der Waals surface area contributed by atoms with Crippen LogP contribution >= 0.6 is 0 Å². The van der Waals surface area contributed by atoms with Gasteiger partial charge in [0.2, 0.25) is 0 Å². The maximum absolute atomic E-state index is 12.0. The van der Waals surface area contributed by atoms with Gasteiger partial charge in [-0.2, -0.15) is 8.78 Å². The second-order valence-corrected chi connectivity index (χ2v) is 5.18. The number of nitrogens with one attached hydrogen (secondary N) is 1. The van der Waals surface area contributed by atoms with Crippen LogP contribution in [0.2, 0.25) is 0 Å². The first-order chi connectivity index (χ1) is 10.5. The van der Waals surface area contributed by atoms with Gasteiger partial charge in [0, 0.05) is 12.1 Å². The van der Waals surface area contributed by atoms with Crippen LogP contribution in [0.1, 0.15) is 19.8 Å². The smallest absolute Gasteiger partial charge is 0.387 e. The Bertz CT molecular complexity index is 493. The summed E-state index contributed by atoms with van der Waals surface area (Å²) in [7, 11) is 0. The third-order valence-corrected chi connectivity index (χ3v) is 3.69. The third kappa shape index (κ3) is 4.52. The molecule has 22 heavy (non-hydrogen) atoms. The second kappa shape index (κ2) is 7.35. The van der Waals surface area contributed by atoms with Gasteiger partial charge < -0.3 is 15.2 Å². The van der Waals surface area contributed by atoms with Crippen molar-refractivity contribution in [3.05, 3.63) is 18.3 Å². The Balaban J connectivity index is 1.78. The normalized spacial score (nSPS) is 20.8. The van der Waals surface area contributed by atoms with Gasteiger partial charge in [0.15, 0.2) is 0 Å². The van der Waals surface area contributed by atoms with Crippen molar-refractivity contribution in [3.8, 4) is 5.75 Å². The Morgan fingerprint density at radius 2 is 2.27 bits per heavy atom. The first-order valence-corrected chi connectivity index (χ1v) is 7.11. The summed E-state index contributed by atoms with van der Waals surface area (Å²) in [5.74, 6) is -0.216. The number of carboxylic acid groups (broad SMARTS) is 1. The molecule has 0 saturated heterocycles. The number of rotatable bonds is 8. The number of alkyl halides is 2. The van der Waals surface area contributed by atoms with Crippen LogP contribution in [0.15, 0.2) is 18.3 Å². The Hall–Kier alpha value is -1.96. The zero-order valence-corrected chi connectivity index (χ0v) is 12.2. The fraction of sp³-hybridized carbons (Fsp3) is 0.571. The third-order valence-electron chi connectivity index (χ3n) is 3.69. The number of carbonyl (C=O) groups is 1. The van der Waals surface area contributed by atoms with Crippen LogP contribution in [-0.2, 0) is 4.79 Å². The van der Waals surface area contributed by atoms with E-state index in [2.05, 4.69) is 15.0 Å². The molecule has 1 aromatic heterocycles. The number of anilines is 1. The van der Waals surface area contributed by atoms with E-state index >= 15 is 0 Å². The number of aromatic nitrogens is 1. The Kier molecular flexibility index (Phi) is 5.48. The molecule has 0 atom stereocenters. The predicted octanol–water partition coefficient (Wildman–Crippen LogP) is 2.03. The van der Waals surface area contributed by atoms with Crippen molar-refractivity contribution in [2.45, 2.75) is 38.5 Å². The van der Waals surface area contributed by atoms with Crippen molar-refractivity contribution >= 4 is 11.8 Å². The maximum atomic E-state index is 12.0. The van der Waals surface area contributed by atoms with Gasteiger partial charge in [0.1, 0.15) is 11.6 Å². The molecule has 0 spiro atoms. The van der Waals surface area contributed by atoms with Crippen molar-refractivity contribution in [1.82, 2.24) is 9.88 Å². The number of hydrogen-bond acceptors (Lipinski definition) is 5. The first kappa shape index (κ1) is 16.4. The van der Waals surface area contributed by atoms with Gasteiger partial charge in [-0.1, -0.05) is 6.92 Å². The molecule has 2 N–H and O–H groups in total. The van der Waals surface area contributed by atoms with Crippen molar-refractivity contribution in [2.24, 2.45) is 0 Å². The number of halogens is 2. The van der Waals surface area contributed by atoms with E-state index in [9.17, 15) is 13.6 Å². The molecule has 1 fully saturated rings. The molecule has 122 valence electrons. The number of aliphatic carboxylic acids is 1. The van der Waals surface area contributed by atoms with Gasteiger partial charge in [-0.25, -0.2) is 4.98 Å². The first-order valence-electron chi connectivity index (χ1n) is 7.11. The topological polar surface area (TPSA) is 74.7 Å². The number of likely N-dealkylation sites (N-methyl/N-ethyl adjacent to an activating group) is 1. The SMILES string of the molecule is CCN(CC(=O)O)C1CC(Nc2ccc(OC(F)F)cn2)C1. The Morgan fingerprint density at radius 1 is 1.55 bits per heavy atom. The molecule has 1 aliphatic rings. The Morgan fingerprint density at radius 3 is 2.77 bits per heavy atom. The molecule has 6 nitrogen and oxygen atoms in total. The van der Waals surface area contributed by atoms with Gasteiger partial charge in [-0.3, -0.25) is 9.69 Å². The highest BCUT2D eigenvalue weighted by molar-refractivity contribution is 5.69. The lowest BCUT2D eigenvalue weighted by molar-refractivity contribution is -0.139. The monoisotopic (exact) mass is 315 g/mol. The predicted molar refractivity (Wildman–Crippen MR) is 76.2 cm³/mol. The number of nitrogens with zero attached hydrogens (tertiary/aromatic N) is 2. The lowest BCUT2D eigenvalue weighted by atomic mass is 9.85. The lowest BCUT2D eigenvalue weighted by Crippen LogP contribution is -2.51. The molecule has 8 heteroatoms. The van der Waals surface area contributed by atoms with Crippen LogP contribution in [0.25, 0.3) is 0 Å². The summed E-state index contributed by atoms with van der Waals surface area (Å²) < 4.78 is 28.3. The van der Waals surface area contributed by atoms with Crippen LogP contribution < -0.4 is 10.1 Å². The quantitative estimate of drug-likeness (QED) is 0.764. The number of hydrogen-bond donors (Lipinski definition) is 2. The summed E-state index contributed by atoms with van der Waals surface area (Å²) in [5.41, 5.74) is 0. The average molecular weight is 315 g/mol. The van der Waals surface area contributed by atoms with Crippen molar-refractivity contribution in [2.75, 3.05) is 18.4 Å². The number of carboxylic acids is 1. The second-order valence-electron chi connectivity index (χ2n) is 5.18. The van der Waals surface area contributed by atoms with E-state index in [-0.39, 0.29) is 24.4 Å². The van der Waals surface area contributed by atoms with Gasteiger partial charge >= 0.3 is 12.6 Å². The molecule has 2 rings (SSSR count). The maximum Gasteiger partial charge on any atom is 0.387 e. The van der Waals surface area contributed by atoms with Crippen molar-refractivity contribution in [3.63, 3.8) is 0 Å². The fourth-order valence-electron chi connectivity index (χ4n) is 2.52. The fourth-order valence-corrected chi connectivity index (χ4v) is 2.52. The van der Waals surface area contributed by atoms with E-state index in [0.29, 0.717) is 12.4 Å². The highest BCUT2D eigenvalue weighted by Gasteiger charge is 2.33. The molecule has 0 bridgehead atoms. The molecule has 0 radical (unpaired) electrons. The Labute approximate surface area is 127 Å². The molecule has 0 aromatic carbocycles. The lowest BCUT2D eigenvalue weighted by Gasteiger charge is -2.42. The molecule has 1 aromatic rings. The average Bonchev–Trinajstić information content (AvgIpc) is 2.41. The van der Waals surface area contributed by atoms with Gasteiger partial charge in [-0.15, -0.1) is 0 Å². The molecule has 1 heterocycles. The number of ether oxygens (including phenoxy) is 1. The van der Waals surface area contributed by atoms with Gasteiger partial charge in [0.05, 0.1) is 12.7 Å². The zero-order chi connectivity index (χ0) is 16.1. The summed E-state index contributed by atoms with van der Waals surface area (Å²) in [6.45, 7) is -0.178. The van der Waals surface area contributed by atoms with Crippen LogP contribution in [0, 0.1) is 0 Å². The minimum Gasteiger partial charge on any atom is -0.480 e. The highest BCUT2D eigenvalue weighted by atomic mass is 19.3. The highest BCUT2D eigenvalue weighted by Crippen LogP contribution is 2.28. The van der Waals surface area contributed by atoms with E-state index in [1.54, 1.807) is 6.07 Å². The van der Waals surface area contributed by atoms with E-state index in [1.807, 2.05) is 11.8 Å². The summed E-state index contributed by atoms with van der Waals surface area (Å²) in [6.07, 6.45) is 2.91. The van der Waals surface area contributed by atoms with Gasteiger partial charge in [0.25, 0.3) is 0 Å². The largest absolute Gasteiger partial charge is 0.480 e. The molecular weight excluding hydrogens is 296 g/mol. The summed E-state index contributed by atoms with van der Waals surface area (Å²) >= 11 is 0. The molecule has 1 saturated carbocycles. The molecular formula is C14H19F2N3O3. The van der Waals surface area contributed by atoms with Crippen molar-refractivity contribution in [1.29, 1.82) is 0 Å². The van der Waals surface area contributed by atoms with Crippen LogP contribution in [0.5, 0.6) is 5.75 Å². The van der Waals surface area contributed by atoms with E-state index in [0.717, 1.165) is 12.8 Å². The van der Waals surface area contributed by atoms with Crippen LogP contribution in [-0.4, -0.2) is 52.7 Å². The minimum absolute atomic E-state index is 0.0191. The van der Waals surface area contributed by atoms with Gasteiger partial charge in [-0.05, 0) is 31.5 Å². The van der Waals surface area contributed by atoms with Crippen LogP contribution in [0.4, 0.5) is 14.6 Å². The van der Waals surface area contributed by atoms with Crippen LogP contribution in [0.3, 0.4) is 0 Å². The number of pyridine rings is 1. The van der Waals surface area contributed by atoms with E-state index in [4.69, 9.17) is 5.11 Å². The molecule has 0 aliphatic heterocycles. The molecule has 1 aliphatic carbocycles.